The Morgan fingerprint density at radius 3 is 2.83 bits per heavy atom. The van der Waals surface area contributed by atoms with Crippen molar-refractivity contribution in [3.05, 3.63) is 58.2 Å². The van der Waals surface area contributed by atoms with Gasteiger partial charge in [-0.15, -0.1) is 11.3 Å². The van der Waals surface area contributed by atoms with E-state index in [2.05, 4.69) is 15.3 Å². The first-order valence-corrected chi connectivity index (χ1v) is 11.3. The van der Waals surface area contributed by atoms with Crippen LogP contribution in [0.5, 0.6) is 11.5 Å². The van der Waals surface area contributed by atoms with Gasteiger partial charge in [-0.05, 0) is 37.3 Å². The topological polar surface area (TPSA) is 60.0 Å². The average Bonchev–Trinajstić information content (AvgIpc) is 3.22. The van der Waals surface area contributed by atoms with Crippen LogP contribution in [-0.2, 0) is 5.75 Å². The monoisotopic (exact) mass is 441 g/mol. The van der Waals surface area contributed by atoms with Gasteiger partial charge in [0.2, 0.25) is 0 Å². The van der Waals surface area contributed by atoms with Crippen LogP contribution in [0.3, 0.4) is 0 Å². The quantitative estimate of drug-likeness (QED) is 0.212. The number of thioether (sulfide) groups is 1. The number of thiazole rings is 1. The first-order valence-electron chi connectivity index (χ1n) is 9.05. The molecule has 5 nitrogen and oxygen atoms in total. The van der Waals surface area contributed by atoms with Crippen molar-refractivity contribution in [1.82, 2.24) is 15.0 Å². The number of aromatic amines is 1. The molecule has 4 aromatic rings. The lowest BCUT2D eigenvalue weighted by Crippen LogP contribution is -1.95. The SMILES string of the molecule is CCOc1ccc(-c2nc(CSc3nc(=S)c4ccccc4[nH]3)cs2)cc1OC. The highest BCUT2D eigenvalue weighted by Gasteiger charge is 2.11. The third-order valence-corrected chi connectivity index (χ3v) is 6.38. The number of ether oxygens (including phenoxy) is 2. The molecule has 0 aliphatic rings. The molecule has 2 aromatic heterocycles. The summed E-state index contributed by atoms with van der Waals surface area (Å²) in [5.41, 5.74) is 3.00. The summed E-state index contributed by atoms with van der Waals surface area (Å²) in [6, 6.07) is 13.8. The molecule has 0 fully saturated rings. The minimum absolute atomic E-state index is 0.597. The highest BCUT2D eigenvalue weighted by atomic mass is 32.2. The maximum Gasteiger partial charge on any atom is 0.167 e. The summed E-state index contributed by atoms with van der Waals surface area (Å²) in [5, 5.41) is 4.78. The van der Waals surface area contributed by atoms with Crippen LogP contribution in [-0.4, -0.2) is 28.7 Å². The van der Waals surface area contributed by atoms with E-state index in [-0.39, 0.29) is 0 Å². The Balaban J connectivity index is 1.51. The Morgan fingerprint density at radius 2 is 2.00 bits per heavy atom. The van der Waals surface area contributed by atoms with Crippen LogP contribution in [0, 0.1) is 4.64 Å². The number of nitrogens with zero attached hydrogens (tertiary/aromatic N) is 2. The standard InChI is InChI=1S/C21H19N3O2S3/c1-3-26-17-9-8-13(10-18(17)25-2)20-22-14(11-28-20)12-29-21-23-16-7-5-4-6-15(16)19(27)24-21/h4-11H,3,12H2,1-2H3,(H,23,24,27). The van der Waals surface area contributed by atoms with Crippen molar-refractivity contribution < 1.29 is 9.47 Å². The lowest BCUT2D eigenvalue weighted by molar-refractivity contribution is 0.311. The van der Waals surface area contributed by atoms with Crippen molar-refractivity contribution >= 4 is 46.2 Å². The zero-order valence-electron chi connectivity index (χ0n) is 16.0. The third kappa shape index (κ3) is 4.44. The number of aromatic nitrogens is 3. The Hall–Kier alpha value is -2.42. The van der Waals surface area contributed by atoms with Crippen LogP contribution in [0.1, 0.15) is 12.6 Å². The Labute approximate surface area is 182 Å². The molecular formula is C21H19N3O2S3. The third-order valence-electron chi connectivity index (χ3n) is 4.22. The molecule has 2 aromatic carbocycles. The van der Waals surface area contributed by atoms with Crippen molar-refractivity contribution in [2.24, 2.45) is 0 Å². The van der Waals surface area contributed by atoms with Crippen molar-refractivity contribution in [1.29, 1.82) is 0 Å². The number of rotatable bonds is 7. The molecule has 2 heterocycles. The average molecular weight is 442 g/mol. The summed E-state index contributed by atoms with van der Waals surface area (Å²) in [6.07, 6.45) is 0. The van der Waals surface area contributed by atoms with E-state index in [0.29, 0.717) is 22.7 Å². The Morgan fingerprint density at radius 1 is 1.14 bits per heavy atom. The number of methoxy groups -OCH3 is 1. The molecule has 0 radical (unpaired) electrons. The fourth-order valence-corrected chi connectivity index (χ4v) is 4.89. The van der Waals surface area contributed by atoms with Gasteiger partial charge in [-0.1, -0.05) is 36.1 Å². The first kappa shape index (κ1) is 19.9. The molecule has 0 saturated carbocycles. The van der Waals surface area contributed by atoms with Gasteiger partial charge in [0.05, 0.1) is 24.9 Å². The van der Waals surface area contributed by atoms with E-state index in [0.717, 1.165) is 38.1 Å². The predicted octanol–water partition coefficient (Wildman–Crippen LogP) is 6.12. The van der Waals surface area contributed by atoms with E-state index in [1.807, 2.05) is 49.4 Å². The van der Waals surface area contributed by atoms with E-state index >= 15 is 0 Å². The smallest absolute Gasteiger partial charge is 0.167 e. The van der Waals surface area contributed by atoms with Crippen LogP contribution < -0.4 is 9.47 Å². The van der Waals surface area contributed by atoms with Crippen molar-refractivity contribution in [2.75, 3.05) is 13.7 Å². The number of benzene rings is 2. The molecule has 148 valence electrons. The fourth-order valence-electron chi connectivity index (χ4n) is 2.87. The summed E-state index contributed by atoms with van der Waals surface area (Å²) in [7, 11) is 1.64. The molecule has 0 aliphatic heterocycles. The maximum absolute atomic E-state index is 5.59. The fraction of sp³-hybridized carbons (Fsp3) is 0.190. The molecule has 29 heavy (non-hydrogen) atoms. The molecule has 0 aliphatic carbocycles. The molecule has 0 amide bonds. The predicted molar refractivity (Wildman–Crippen MR) is 122 cm³/mol. The molecule has 1 N–H and O–H groups in total. The maximum atomic E-state index is 5.59. The van der Waals surface area contributed by atoms with Crippen LogP contribution in [0.4, 0.5) is 0 Å². The van der Waals surface area contributed by atoms with Crippen molar-refractivity contribution in [3.63, 3.8) is 0 Å². The van der Waals surface area contributed by atoms with Crippen LogP contribution >= 0.6 is 35.3 Å². The molecular weight excluding hydrogens is 422 g/mol. The summed E-state index contributed by atoms with van der Waals surface area (Å²) < 4.78 is 11.6. The highest BCUT2D eigenvalue weighted by Crippen LogP contribution is 2.34. The van der Waals surface area contributed by atoms with Gasteiger partial charge in [0.1, 0.15) is 9.65 Å². The Kier molecular flexibility index (Phi) is 6.13. The summed E-state index contributed by atoms with van der Waals surface area (Å²) in [6.45, 7) is 2.55. The molecule has 8 heteroatoms. The van der Waals surface area contributed by atoms with Crippen LogP contribution in [0.15, 0.2) is 53.0 Å². The zero-order chi connectivity index (χ0) is 20.2. The number of fused-ring (bicyclic) bond motifs is 1. The van der Waals surface area contributed by atoms with Gasteiger partial charge < -0.3 is 14.5 Å². The van der Waals surface area contributed by atoms with Gasteiger partial charge >= 0.3 is 0 Å². The normalized spacial score (nSPS) is 11.0. The first-order chi connectivity index (χ1) is 14.2. The molecule has 0 spiro atoms. The van der Waals surface area contributed by atoms with Crippen molar-refractivity contribution in [3.8, 4) is 22.1 Å². The number of hydrogen-bond acceptors (Lipinski definition) is 7. The highest BCUT2D eigenvalue weighted by molar-refractivity contribution is 7.98. The van der Waals surface area contributed by atoms with Gasteiger partial charge in [-0.3, -0.25) is 0 Å². The number of hydrogen-bond donors (Lipinski definition) is 1. The molecule has 0 atom stereocenters. The summed E-state index contributed by atoms with van der Waals surface area (Å²) in [4.78, 5) is 12.6. The van der Waals surface area contributed by atoms with Gasteiger partial charge in [-0.2, -0.15) is 0 Å². The zero-order valence-corrected chi connectivity index (χ0v) is 18.4. The van der Waals surface area contributed by atoms with E-state index < -0.39 is 0 Å². The number of H-pyrrole nitrogens is 1. The number of para-hydroxylation sites is 1. The van der Waals surface area contributed by atoms with Gasteiger partial charge in [0.15, 0.2) is 16.7 Å². The minimum Gasteiger partial charge on any atom is -0.493 e. The Bertz CT molecular complexity index is 1200. The van der Waals surface area contributed by atoms with Gasteiger partial charge in [0, 0.05) is 22.1 Å². The molecule has 0 saturated heterocycles. The van der Waals surface area contributed by atoms with Crippen molar-refractivity contribution in [2.45, 2.75) is 17.8 Å². The summed E-state index contributed by atoms with van der Waals surface area (Å²) >= 11 is 8.62. The van der Waals surface area contributed by atoms with Gasteiger partial charge in [0.25, 0.3) is 0 Å². The van der Waals surface area contributed by atoms with E-state index in [1.165, 1.54) is 0 Å². The lowest BCUT2D eigenvalue weighted by Gasteiger charge is -2.09. The van der Waals surface area contributed by atoms with Crippen LogP contribution in [0.2, 0.25) is 0 Å². The summed E-state index contributed by atoms with van der Waals surface area (Å²) in [5.74, 6) is 2.16. The molecule has 4 rings (SSSR count). The number of nitrogens with one attached hydrogen (secondary N) is 1. The largest absolute Gasteiger partial charge is 0.493 e. The van der Waals surface area contributed by atoms with E-state index in [9.17, 15) is 0 Å². The second kappa shape index (κ2) is 8.94. The van der Waals surface area contributed by atoms with Crippen LogP contribution in [0.25, 0.3) is 21.5 Å². The van der Waals surface area contributed by atoms with Gasteiger partial charge in [-0.25, -0.2) is 9.97 Å². The van der Waals surface area contributed by atoms with E-state index in [4.69, 9.17) is 26.7 Å². The van der Waals surface area contributed by atoms with E-state index in [1.54, 1.807) is 30.2 Å². The second-order valence-corrected chi connectivity index (χ2v) is 8.33. The lowest BCUT2D eigenvalue weighted by atomic mass is 10.2. The molecule has 0 unspecified atom stereocenters. The molecule has 0 bridgehead atoms. The minimum atomic E-state index is 0.597. The second-order valence-electron chi connectivity index (χ2n) is 6.12.